The van der Waals surface area contributed by atoms with Crippen LogP contribution in [0.3, 0.4) is 0 Å². The number of ether oxygens (including phenoxy) is 1. The Morgan fingerprint density at radius 2 is 1.79 bits per heavy atom. The van der Waals surface area contributed by atoms with E-state index >= 15 is 0 Å². The van der Waals surface area contributed by atoms with E-state index in [2.05, 4.69) is 19.6 Å². The molecule has 0 atom stereocenters. The van der Waals surface area contributed by atoms with Crippen molar-refractivity contribution in [2.75, 3.05) is 4.72 Å². The lowest BCUT2D eigenvalue weighted by Gasteiger charge is -2.13. The second kappa shape index (κ2) is 7.50. The van der Waals surface area contributed by atoms with Crippen LogP contribution in [0.1, 0.15) is 17.3 Å². The summed E-state index contributed by atoms with van der Waals surface area (Å²) in [4.78, 5) is 3.86. The van der Waals surface area contributed by atoms with Gasteiger partial charge >= 0.3 is 6.36 Å². The number of rotatable bonds is 6. The average Bonchev–Trinajstić information content (AvgIpc) is 3.00. The molecule has 3 rings (SSSR count). The Morgan fingerprint density at radius 3 is 2.39 bits per heavy atom. The van der Waals surface area contributed by atoms with Gasteiger partial charge in [-0.25, -0.2) is 8.42 Å². The summed E-state index contributed by atoms with van der Waals surface area (Å²) >= 11 is 0. The molecule has 7 nitrogen and oxygen atoms in total. The van der Waals surface area contributed by atoms with E-state index < -0.39 is 22.1 Å². The number of halogens is 3. The zero-order valence-electron chi connectivity index (χ0n) is 14.4. The van der Waals surface area contributed by atoms with Gasteiger partial charge in [-0.15, -0.1) is 13.2 Å². The topological polar surface area (TPSA) is 94.3 Å². The zero-order valence-corrected chi connectivity index (χ0v) is 15.2. The van der Waals surface area contributed by atoms with E-state index in [0.717, 1.165) is 24.3 Å². The summed E-state index contributed by atoms with van der Waals surface area (Å²) in [6, 6.07) is 10.5. The predicted molar refractivity (Wildman–Crippen MR) is 92.2 cm³/mol. The van der Waals surface area contributed by atoms with E-state index in [1.54, 1.807) is 31.2 Å². The molecule has 0 spiro atoms. The van der Waals surface area contributed by atoms with Crippen LogP contribution in [0.25, 0.3) is 0 Å². The molecule has 0 saturated carbocycles. The summed E-state index contributed by atoms with van der Waals surface area (Å²) in [6.07, 6.45) is -4.65. The fraction of sp³-hybridized carbons (Fsp3) is 0.176. The molecule has 1 heterocycles. The van der Waals surface area contributed by atoms with E-state index in [1.165, 1.54) is 0 Å². The van der Waals surface area contributed by atoms with Gasteiger partial charge in [0.25, 0.3) is 10.0 Å². The maximum Gasteiger partial charge on any atom is 0.573 e. The van der Waals surface area contributed by atoms with Gasteiger partial charge in [-0.3, -0.25) is 4.72 Å². The molecule has 2 aromatic carbocycles. The first-order chi connectivity index (χ1) is 13.1. The highest BCUT2D eigenvalue weighted by molar-refractivity contribution is 7.92. The maximum absolute atomic E-state index is 12.6. The van der Waals surface area contributed by atoms with Gasteiger partial charge in [0.2, 0.25) is 5.89 Å². The lowest BCUT2D eigenvalue weighted by atomic mass is 10.1. The Labute approximate surface area is 158 Å². The lowest BCUT2D eigenvalue weighted by molar-refractivity contribution is -0.274. The Hall–Kier alpha value is -3.08. The summed E-state index contributed by atoms with van der Waals surface area (Å²) in [6.45, 7) is 1.66. The maximum atomic E-state index is 12.6. The summed E-state index contributed by atoms with van der Waals surface area (Å²) < 4.78 is 73.0. The quantitative estimate of drug-likeness (QED) is 0.663. The van der Waals surface area contributed by atoms with Gasteiger partial charge in [-0.2, -0.15) is 4.98 Å². The van der Waals surface area contributed by atoms with E-state index in [-0.39, 0.29) is 17.0 Å². The number of nitrogens with one attached hydrogen (secondary N) is 1. The van der Waals surface area contributed by atoms with Crippen LogP contribution < -0.4 is 9.46 Å². The molecule has 0 bridgehead atoms. The molecule has 0 radical (unpaired) electrons. The third kappa shape index (κ3) is 5.00. The first-order valence-corrected chi connectivity index (χ1v) is 9.36. The van der Waals surface area contributed by atoms with Gasteiger partial charge in [-0.05, 0) is 42.8 Å². The van der Waals surface area contributed by atoms with Crippen molar-refractivity contribution in [2.45, 2.75) is 24.6 Å². The molecular weight excluding hydrogens is 399 g/mol. The minimum absolute atomic E-state index is 0.206. The molecule has 0 aliphatic rings. The molecule has 0 unspecified atom stereocenters. The number of hydrogen-bond donors (Lipinski definition) is 1. The van der Waals surface area contributed by atoms with Crippen LogP contribution in [0.15, 0.2) is 57.9 Å². The average molecular weight is 413 g/mol. The second-order valence-corrected chi connectivity index (χ2v) is 7.38. The van der Waals surface area contributed by atoms with Crippen LogP contribution in [0.2, 0.25) is 0 Å². The molecule has 11 heteroatoms. The number of nitrogens with zero attached hydrogens (tertiary/aromatic N) is 2. The molecule has 0 saturated heterocycles. The predicted octanol–water partition coefficient (Wildman–Crippen LogP) is 3.67. The van der Waals surface area contributed by atoms with Crippen LogP contribution in [0.5, 0.6) is 5.75 Å². The summed E-state index contributed by atoms with van der Waals surface area (Å²) in [7, 11) is -4.04. The van der Waals surface area contributed by atoms with Crippen molar-refractivity contribution in [3.8, 4) is 5.75 Å². The molecular formula is C17H14F3N3O4S. The van der Waals surface area contributed by atoms with E-state index in [0.29, 0.717) is 17.3 Å². The van der Waals surface area contributed by atoms with Gasteiger partial charge in [-0.1, -0.05) is 23.4 Å². The van der Waals surface area contributed by atoms with Crippen molar-refractivity contribution >= 4 is 15.7 Å². The number of aromatic nitrogens is 2. The minimum Gasteiger partial charge on any atom is -0.406 e. The Morgan fingerprint density at radius 1 is 1.11 bits per heavy atom. The van der Waals surface area contributed by atoms with Crippen molar-refractivity contribution in [1.29, 1.82) is 0 Å². The van der Waals surface area contributed by atoms with Gasteiger partial charge in [0.15, 0.2) is 5.82 Å². The molecule has 0 aliphatic carbocycles. The van der Waals surface area contributed by atoms with E-state index in [9.17, 15) is 21.6 Å². The number of aryl methyl sites for hydroxylation is 1. The van der Waals surface area contributed by atoms with Crippen LogP contribution >= 0.6 is 0 Å². The molecule has 0 fully saturated rings. The zero-order chi connectivity index (χ0) is 20.4. The van der Waals surface area contributed by atoms with Gasteiger partial charge in [0.05, 0.1) is 17.0 Å². The van der Waals surface area contributed by atoms with Crippen LogP contribution in [-0.2, 0) is 16.4 Å². The van der Waals surface area contributed by atoms with Crippen molar-refractivity contribution in [1.82, 2.24) is 10.1 Å². The summed E-state index contributed by atoms with van der Waals surface area (Å²) in [5.41, 5.74) is 0.876. The van der Waals surface area contributed by atoms with Gasteiger partial charge in [0.1, 0.15) is 5.75 Å². The summed E-state index contributed by atoms with van der Waals surface area (Å²) in [5.74, 6) is 0.255. The van der Waals surface area contributed by atoms with Crippen molar-refractivity contribution in [3.05, 3.63) is 65.8 Å². The highest BCUT2D eigenvalue weighted by atomic mass is 32.2. The highest BCUT2D eigenvalue weighted by Gasteiger charge is 2.31. The summed E-state index contributed by atoms with van der Waals surface area (Å²) in [5, 5.41) is 3.68. The first kappa shape index (κ1) is 19.7. The van der Waals surface area contributed by atoms with E-state index in [1.807, 2.05) is 0 Å². The number of para-hydroxylation sites is 1. The largest absolute Gasteiger partial charge is 0.573 e. The number of anilines is 1. The second-order valence-electron chi connectivity index (χ2n) is 5.69. The lowest BCUT2D eigenvalue weighted by Crippen LogP contribution is -2.17. The smallest absolute Gasteiger partial charge is 0.406 e. The van der Waals surface area contributed by atoms with Crippen molar-refractivity contribution < 1.29 is 30.8 Å². The Kier molecular flexibility index (Phi) is 5.27. The SMILES string of the molecule is Cc1noc(Cc2ccccc2NS(=O)(=O)c2ccc(OC(F)(F)F)cc2)n1. The van der Waals surface area contributed by atoms with Crippen molar-refractivity contribution in [2.24, 2.45) is 0 Å². The number of hydrogen-bond acceptors (Lipinski definition) is 6. The fourth-order valence-corrected chi connectivity index (χ4v) is 3.47. The minimum atomic E-state index is -4.86. The van der Waals surface area contributed by atoms with Crippen LogP contribution in [-0.4, -0.2) is 24.9 Å². The third-order valence-electron chi connectivity index (χ3n) is 3.54. The fourth-order valence-electron chi connectivity index (χ4n) is 2.37. The molecule has 1 N–H and O–H groups in total. The third-order valence-corrected chi connectivity index (χ3v) is 4.92. The molecule has 0 aliphatic heterocycles. The molecule has 28 heavy (non-hydrogen) atoms. The Bertz CT molecular complexity index is 1060. The molecule has 3 aromatic rings. The molecule has 1 aromatic heterocycles. The van der Waals surface area contributed by atoms with Crippen LogP contribution in [0, 0.1) is 6.92 Å². The Balaban J connectivity index is 1.81. The van der Waals surface area contributed by atoms with Crippen LogP contribution in [0.4, 0.5) is 18.9 Å². The van der Waals surface area contributed by atoms with Gasteiger partial charge in [0, 0.05) is 0 Å². The normalized spacial score (nSPS) is 12.0. The first-order valence-electron chi connectivity index (χ1n) is 7.88. The number of alkyl halides is 3. The molecule has 0 amide bonds. The van der Waals surface area contributed by atoms with Crippen molar-refractivity contribution in [3.63, 3.8) is 0 Å². The monoisotopic (exact) mass is 413 g/mol. The van der Waals surface area contributed by atoms with E-state index in [4.69, 9.17) is 4.52 Å². The number of benzene rings is 2. The standard InChI is InChI=1S/C17H14F3N3O4S/c1-11-21-16(27-22-11)10-12-4-2-3-5-15(12)23-28(24,25)14-8-6-13(7-9-14)26-17(18,19)20/h2-9,23H,10H2,1H3. The molecule has 148 valence electrons. The number of sulfonamides is 1. The highest BCUT2D eigenvalue weighted by Crippen LogP contribution is 2.26. The van der Waals surface area contributed by atoms with Gasteiger partial charge < -0.3 is 9.26 Å².